The highest BCUT2D eigenvalue weighted by Gasteiger charge is 2.30. The van der Waals surface area contributed by atoms with Crippen molar-refractivity contribution in [2.45, 2.75) is 30.8 Å². The number of fused-ring (bicyclic) bond motifs is 2. The van der Waals surface area contributed by atoms with Crippen LogP contribution in [0.25, 0.3) is 0 Å². The summed E-state index contributed by atoms with van der Waals surface area (Å²) in [5, 5.41) is 2.60. The van der Waals surface area contributed by atoms with Crippen molar-refractivity contribution in [3.63, 3.8) is 0 Å². The van der Waals surface area contributed by atoms with E-state index in [0.717, 1.165) is 12.8 Å². The Kier molecular flexibility index (Phi) is 6.68. The molecule has 9 nitrogen and oxygen atoms in total. The number of amides is 1. The first-order chi connectivity index (χ1) is 18.2. The molecule has 0 spiro atoms. The van der Waals surface area contributed by atoms with Crippen LogP contribution < -0.4 is 5.32 Å². The monoisotopic (exact) mass is 532 g/mol. The summed E-state index contributed by atoms with van der Waals surface area (Å²) in [5.41, 5.74) is 1.44. The van der Waals surface area contributed by atoms with Gasteiger partial charge in [0.05, 0.1) is 10.5 Å². The lowest BCUT2D eigenvalue weighted by molar-refractivity contribution is -0.123. The molecule has 0 bridgehead atoms. The van der Waals surface area contributed by atoms with Crippen LogP contribution in [0.15, 0.2) is 71.6 Å². The zero-order valence-electron chi connectivity index (χ0n) is 20.5. The fourth-order valence-corrected chi connectivity index (χ4v) is 6.06. The highest BCUT2D eigenvalue weighted by atomic mass is 32.2. The van der Waals surface area contributed by atoms with Crippen molar-refractivity contribution in [1.29, 1.82) is 0 Å². The van der Waals surface area contributed by atoms with Gasteiger partial charge in [0.1, 0.15) is 0 Å². The summed E-state index contributed by atoms with van der Waals surface area (Å²) < 4.78 is 32.0. The largest absolute Gasteiger partial charge is 0.449 e. The SMILES string of the molecule is CC(OC(=O)c1ccc(S(=O)(=O)N2CCCC2)cc1)C(=O)Nc1ccc2c(c1)C(=O)c1ccccc1C2=O. The molecule has 10 heteroatoms. The molecule has 0 saturated carbocycles. The third-order valence-electron chi connectivity index (χ3n) is 6.64. The Bertz CT molecular complexity index is 1570. The number of carbonyl (C=O) groups is 4. The second-order valence-corrected chi connectivity index (χ2v) is 11.1. The molecule has 1 fully saturated rings. The highest BCUT2D eigenvalue weighted by Crippen LogP contribution is 2.29. The van der Waals surface area contributed by atoms with Gasteiger partial charge in [-0.2, -0.15) is 4.31 Å². The van der Waals surface area contributed by atoms with Gasteiger partial charge in [-0.25, -0.2) is 13.2 Å². The first-order valence-corrected chi connectivity index (χ1v) is 13.6. The molecule has 1 N–H and O–H groups in total. The van der Waals surface area contributed by atoms with E-state index in [1.54, 1.807) is 24.3 Å². The molecule has 1 amide bonds. The van der Waals surface area contributed by atoms with Crippen LogP contribution in [0.5, 0.6) is 0 Å². The molecule has 3 aromatic rings. The summed E-state index contributed by atoms with van der Waals surface area (Å²) in [6.45, 7) is 2.34. The average Bonchev–Trinajstić information content (AvgIpc) is 3.48. The van der Waals surface area contributed by atoms with Crippen LogP contribution in [0.2, 0.25) is 0 Å². The topological polar surface area (TPSA) is 127 Å². The summed E-state index contributed by atoms with van der Waals surface area (Å²) >= 11 is 0. The molecule has 3 aromatic carbocycles. The molecule has 1 aliphatic carbocycles. The van der Waals surface area contributed by atoms with Crippen molar-refractivity contribution in [3.8, 4) is 0 Å². The molecule has 1 aliphatic heterocycles. The highest BCUT2D eigenvalue weighted by molar-refractivity contribution is 7.89. The maximum atomic E-state index is 12.9. The minimum Gasteiger partial charge on any atom is -0.449 e. The third kappa shape index (κ3) is 4.64. The van der Waals surface area contributed by atoms with Crippen LogP contribution in [0, 0.1) is 0 Å². The summed E-state index contributed by atoms with van der Waals surface area (Å²) in [4.78, 5) is 51.0. The van der Waals surface area contributed by atoms with Gasteiger partial charge in [-0.15, -0.1) is 0 Å². The lowest BCUT2D eigenvalue weighted by Gasteiger charge is -2.19. The molecule has 1 atom stereocenters. The number of nitrogens with zero attached hydrogens (tertiary/aromatic N) is 1. The van der Waals surface area contributed by atoms with Crippen molar-refractivity contribution >= 4 is 39.2 Å². The van der Waals surface area contributed by atoms with E-state index >= 15 is 0 Å². The van der Waals surface area contributed by atoms with Gasteiger partial charge in [0.15, 0.2) is 17.7 Å². The number of rotatable bonds is 6. The van der Waals surface area contributed by atoms with Gasteiger partial charge in [0.25, 0.3) is 5.91 Å². The molecule has 1 heterocycles. The van der Waals surface area contributed by atoms with E-state index in [1.807, 2.05) is 0 Å². The van der Waals surface area contributed by atoms with Crippen molar-refractivity contribution in [1.82, 2.24) is 4.31 Å². The molecule has 0 aromatic heterocycles. The number of hydrogen-bond acceptors (Lipinski definition) is 7. The quantitative estimate of drug-likeness (QED) is 0.377. The van der Waals surface area contributed by atoms with Crippen molar-refractivity contribution in [2.75, 3.05) is 18.4 Å². The zero-order chi connectivity index (χ0) is 27.0. The summed E-state index contributed by atoms with van der Waals surface area (Å²) in [5.74, 6) is -2.02. The van der Waals surface area contributed by atoms with Gasteiger partial charge in [-0.1, -0.05) is 24.3 Å². The summed E-state index contributed by atoms with van der Waals surface area (Å²) in [6, 6.07) is 16.4. The number of nitrogens with one attached hydrogen (secondary N) is 1. The molecule has 0 radical (unpaired) electrons. The minimum absolute atomic E-state index is 0.0878. The maximum absolute atomic E-state index is 12.9. The van der Waals surface area contributed by atoms with Gasteiger partial charge in [-0.05, 0) is 62.2 Å². The number of hydrogen-bond donors (Lipinski definition) is 1. The van der Waals surface area contributed by atoms with E-state index in [9.17, 15) is 27.6 Å². The lowest BCUT2D eigenvalue weighted by atomic mass is 9.84. The van der Waals surface area contributed by atoms with Crippen LogP contribution in [0.4, 0.5) is 5.69 Å². The Hall–Kier alpha value is -4.15. The summed E-state index contributed by atoms with van der Waals surface area (Å²) in [6.07, 6.45) is 0.444. The van der Waals surface area contributed by atoms with Crippen LogP contribution in [-0.4, -0.2) is 55.4 Å². The van der Waals surface area contributed by atoms with E-state index < -0.39 is 28.0 Å². The second-order valence-electron chi connectivity index (χ2n) is 9.14. The number of esters is 1. The Morgan fingerprint density at radius 3 is 2.05 bits per heavy atom. The van der Waals surface area contributed by atoms with Crippen molar-refractivity contribution in [3.05, 3.63) is 94.5 Å². The third-order valence-corrected chi connectivity index (χ3v) is 8.55. The summed E-state index contributed by atoms with van der Waals surface area (Å²) in [7, 11) is -3.61. The van der Waals surface area contributed by atoms with Crippen LogP contribution in [-0.2, 0) is 19.6 Å². The Morgan fingerprint density at radius 2 is 1.42 bits per heavy atom. The van der Waals surface area contributed by atoms with E-state index in [1.165, 1.54) is 53.7 Å². The standard InChI is InChI=1S/C28H24N2O7S/c1-17(37-28(34)18-8-11-20(12-9-18)38(35,36)30-14-4-5-15-30)27(33)29-19-10-13-23-24(16-19)26(32)22-7-3-2-6-21(22)25(23)31/h2-3,6-13,16-17H,4-5,14-15H2,1H3,(H,29,33). The number of ether oxygens (including phenoxy) is 1. The van der Waals surface area contributed by atoms with Crippen LogP contribution >= 0.6 is 0 Å². The first-order valence-electron chi connectivity index (χ1n) is 12.1. The number of ketones is 2. The number of anilines is 1. The van der Waals surface area contributed by atoms with Crippen molar-refractivity contribution < 1.29 is 32.3 Å². The predicted octanol–water partition coefficient (Wildman–Crippen LogP) is 3.43. The molecule has 1 unspecified atom stereocenters. The smallest absolute Gasteiger partial charge is 0.338 e. The molecular weight excluding hydrogens is 508 g/mol. The number of carbonyl (C=O) groups excluding carboxylic acids is 4. The van der Waals surface area contributed by atoms with Crippen molar-refractivity contribution in [2.24, 2.45) is 0 Å². The van der Waals surface area contributed by atoms with Gasteiger partial charge in [0, 0.05) is 41.0 Å². The molecule has 5 rings (SSSR count). The van der Waals surface area contributed by atoms with Crippen LogP contribution in [0.1, 0.15) is 62.0 Å². The van der Waals surface area contributed by atoms with E-state index in [4.69, 9.17) is 4.74 Å². The Balaban J connectivity index is 1.24. The number of sulfonamides is 1. The maximum Gasteiger partial charge on any atom is 0.338 e. The fourth-order valence-electron chi connectivity index (χ4n) is 4.54. The first kappa shape index (κ1) is 25.5. The molecule has 38 heavy (non-hydrogen) atoms. The van der Waals surface area contributed by atoms with Gasteiger partial charge >= 0.3 is 5.97 Å². The molecular formula is C28H24N2O7S. The Labute approximate surface area is 219 Å². The molecule has 194 valence electrons. The lowest BCUT2D eigenvalue weighted by Crippen LogP contribution is -2.30. The van der Waals surface area contributed by atoms with Gasteiger partial charge in [-0.3, -0.25) is 14.4 Å². The second kappa shape index (κ2) is 9.96. The van der Waals surface area contributed by atoms with E-state index in [0.29, 0.717) is 24.2 Å². The molecule has 2 aliphatic rings. The predicted molar refractivity (Wildman–Crippen MR) is 138 cm³/mol. The van der Waals surface area contributed by atoms with E-state index in [2.05, 4.69) is 5.32 Å². The van der Waals surface area contributed by atoms with Gasteiger partial charge in [0.2, 0.25) is 10.0 Å². The Morgan fingerprint density at radius 1 is 0.842 bits per heavy atom. The normalized spacial score (nSPS) is 15.9. The number of benzene rings is 3. The molecule has 1 saturated heterocycles. The average molecular weight is 533 g/mol. The van der Waals surface area contributed by atoms with E-state index in [-0.39, 0.29) is 38.8 Å². The minimum atomic E-state index is -3.61. The van der Waals surface area contributed by atoms with Gasteiger partial charge < -0.3 is 10.1 Å². The fraction of sp³-hybridized carbons (Fsp3) is 0.214. The zero-order valence-corrected chi connectivity index (χ0v) is 21.3. The van der Waals surface area contributed by atoms with Crippen LogP contribution in [0.3, 0.4) is 0 Å².